The Kier molecular flexibility index (Phi) is 10.3. The average molecular weight is 711 g/mol. The number of hydrogen-bond acceptors (Lipinski definition) is 10. The highest BCUT2D eigenvalue weighted by atomic mass is 28.3. The second-order valence-corrected chi connectivity index (χ2v) is 20.6. The molecular weight excluding hydrogens is 666 g/mol. The smallest absolute Gasteiger partial charge is 0.451 e. The molecule has 1 aliphatic carbocycles. The number of halogens is 3. The molecule has 0 unspecified atom stereocenters. The molecule has 2 fully saturated rings. The molecule has 4 aromatic rings. The molecule has 12 nitrogen and oxygen atoms in total. The second kappa shape index (κ2) is 14.4. The quantitative estimate of drug-likeness (QED) is 0.124. The van der Waals surface area contributed by atoms with Gasteiger partial charge >= 0.3 is 6.18 Å². The number of ether oxygens (including phenoxy) is 2. The van der Waals surface area contributed by atoms with Gasteiger partial charge in [0.1, 0.15) is 24.8 Å². The molecule has 0 N–H and O–H groups in total. The lowest BCUT2D eigenvalue weighted by atomic mass is 9.69. The van der Waals surface area contributed by atoms with Crippen LogP contribution in [0.15, 0.2) is 37.1 Å². The van der Waals surface area contributed by atoms with Crippen molar-refractivity contribution in [2.24, 2.45) is 0 Å². The number of fused-ring (bicyclic) bond motifs is 1. The Morgan fingerprint density at radius 2 is 1.88 bits per heavy atom. The van der Waals surface area contributed by atoms with Gasteiger partial charge < -0.3 is 18.9 Å². The van der Waals surface area contributed by atoms with Gasteiger partial charge in [-0.3, -0.25) is 9.58 Å². The molecule has 0 atom stereocenters. The summed E-state index contributed by atoms with van der Waals surface area (Å²) in [6.45, 7) is 9.87. The molecule has 5 heterocycles. The highest BCUT2D eigenvalue weighted by Gasteiger charge is 2.49. The standard InChI is InChI=1S/C34H45F3N10O2Si/c1-44(2)21-25-16-29(43-32(42-25)34(35,36)37)49-27-6-11-45(12-7-27)26-17-33(18-26,9-10-38)47-20-24(19-41-47)30-28-8-13-46(31(28)40-22-39-30)23-48-14-15-50(3,4)5/h8,13,16,19-20,22,26-27H,6-7,9,11-12,14-15,17-18,21,23H2,1-5H3. The van der Waals surface area contributed by atoms with Crippen LogP contribution in [0.3, 0.4) is 0 Å². The Labute approximate surface area is 291 Å². The van der Waals surface area contributed by atoms with Gasteiger partial charge in [-0.2, -0.15) is 28.5 Å². The van der Waals surface area contributed by atoms with E-state index in [1.807, 2.05) is 27.7 Å². The summed E-state index contributed by atoms with van der Waals surface area (Å²) in [7, 11) is 2.36. The summed E-state index contributed by atoms with van der Waals surface area (Å²) in [6.07, 6.45) is 5.62. The zero-order chi connectivity index (χ0) is 35.7. The SMILES string of the molecule is CN(C)Cc1cc(OC2CCN(C3CC(CC#N)(n4cc(-c5ncnc6c5ccn6COCC[Si](C)(C)C)cn4)C3)CC2)nc(C(F)(F)F)n1. The van der Waals surface area contributed by atoms with Crippen LogP contribution in [-0.4, -0.2) is 98.1 Å². The van der Waals surface area contributed by atoms with Crippen molar-refractivity contribution in [1.82, 2.24) is 44.1 Å². The van der Waals surface area contributed by atoms with Crippen molar-refractivity contribution in [3.8, 4) is 23.2 Å². The van der Waals surface area contributed by atoms with Crippen molar-refractivity contribution in [3.05, 3.63) is 48.6 Å². The minimum Gasteiger partial charge on any atom is -0.474 e. The van der Waals surface area contributed by atoms with Crippen LogP contribution in [0.4, 0.5) is 13.2 Å². The van der Waals surface area contributed by atoms with E-state index >= 15 is 0 Å². The predicted molar refractivity (Wildman–Crippen MR) is 184 cm³/mol. The number of hydrogen-bond donors (Lipinski definition) is 0. The van der Waals surface area contributed by atoms with Crippen LogP contribution < -0.4 is 4.74 Å². The summed E-state index contributed by atoms with van der Waals surface area (Å²) in [5, 5.41) is 15.4. The minimum absolute atomic E-state index is 0.0443. The summed E-state index contributed by atoms with van der Waals surface area (Å²) in [6, 6.07) is 7.24. The lowest BCUT2D eigenvalue weighted by Crippen LogP contribution is -2.58. The molecule has 0 bridgehead atoms. The second-order valence-electron chi connectivity index (χ2n) is 15.0. The third-order valence-corrected chi connectivity index (χ3v) is 11.2. The number of aromatic nitrogens is 7. The molecule has 6 rings (SSSR count). The minimum atomic E-state index is -4.66. The van der Waals surface area contributed by atoms with Crippen LogP contribution in [-0.2, 0) is 29.7 Å². The molecule has 268 valence electrons. The molecule has 0 spiro atoms. The highest BCUT2D eigenvalue weighted by molar-refractivity contribution is 6.76. The van der Waals surface area contributed by atoms with E-state index in [0.717, 1.165) is 60.9 Å². The zero-order valence-electron chi connectivity index (χ0n) is 29.3. The molecule has 0 radical (unpaired) electrons. The number of alkyl halides is 3. The Bertz CT molecular complexity index is 1820. The highest BCUT2D eigenvalue weighted by Crippen LogP contribution is 2.46. The van der Waals surface area contributed by atoms with E-state index in [4.69, 9.17) is 14.6 Å². The van der Waals surface area contributed by atoms with Crippen molar-refractivity contribution in [2.75, 3.05) is 33.8 Å². The van der Waals surface area contributed by atoms with Gasteiger partial charge in [-0.1, -0.05) is 19.6 Å². The first-order valence-electron chi connectivity index (χ1n) is 17.0. The van der Waals surface area contributed by atoms with Gasteiger partial charge in [0, 0.05) is 69.8 Å². The van der Waals surface area contributed by atoms with E-state index in [1.165, 1.54) is 6.07 Å². The number of rotatable bonds is 13. The number of nitrogens with zero attached hydrogens (tertiary/aromatic N) is 10. The van der Waals surface area contributed by atoms with E-state index in [9.17, 15) is 18.4 Å². The Hall–Kier alpha value is -3.91. The molecular formula is C34H45F3N10O2Si. The van der Waals surface area contributed by atoms with Gasteiger partial charge in [0.15, 0.2) is 0 Å². The van der Waals surface area contributed by atoms with Gasteiger partial charge in [-0.15, -0.1) is 0 Å². The Morgan fingerprint density at radius 1 is 1.12 bits per heavy atom. The maximum absolute atomic E-state index is 13.5. The van der Waals surface area contributed by atoms with Gasteiger partial charge in [0.2, 0.25) is 11.7 Å². The lowest BCUT2D eigenvalue weighted by molar-refractivity contribution is -0.145. The summed E-state index contributed by atoms with van der Waals surface area (Å²) < 4.78 is 56.3. The van der Waals surface area contributed by atoms with Crippen LogP contribution in [0.5, 0.6) is 5.88 Å². The normalized spacial score (nSPS) is 20.7. The van der Waals surface area contributed by atoms with Crippen molar-refractivity contribution >= 4 is 19.1 Å². The molecule has 16 heteroatoms. The first-order chi connectivity index (χ1) is 23.7. The third-order valence-electron chi connectivity index (χ3n) is 9.53. The summed E-state index contributed by atoms with van der Waals surface area (Å²) in [5.74, 6) is -1.23. The first kappa shape index (κ1) is 35.9. The fourth-order valence-electron chi connectivity index (χ4n) is 6.81. The van der Waals surface area contributed by atoms with Crippen molar-refractivity contribution in [3.63, 3.8) is 0 Å². The molecule has 0 amide bonds. The van der Waals surface area contributed by atoms with E-state index in [1.54, 1.807) is 31.5 Å². The largest absolute Gasteiger partial charge is 0.474 e. The van der Waals surface area contributed by atoms with Crippen molar-refractivity contribution in [2.45, 2.75) is 94.9 Å². The summed E-state index contributed by atoms with van der Waals surface area (Å²) >= 11 is 0. The molecule has 1 saturated heterocycles. The van der Waals surface area contributed by atoms with E-state index in [-0.39, 0.29) is 30.3 Å². The molecule has 1 aliphatic heterocycles. The number of likely N-dealkylation sites (tertiary alicyclic amines) is 1. The fraction of sp³-hybridized carbons (Fsp3) is 0.588. The maximum atomic E-state index is 13.5. The van der Waals surface area contributed by atoms with Gasteiger partial charge in [0.05, 0.1) is 35.6 Å². The topological polar surface area (TPSA) is 123 Å². The monoisotopic (exact) mass is 710 g/mol. The van der Waals surface area contributed by atoms with Crippen LogP contribution in [0.25, 0.3) is 22.3 Å². The number of piperidine rings is 1. The summed E-state index contributed by atoms with van der Waals surface area (Å²) in [5.41, 5.74) is 2.28. The fourth-order valence-corrected chi connectivity index (χ4v) is 7.57. The van der Waals surface area contributed by atoms with E-state index in [2.05, 4.69) is 50.5 Å². The predicted octanol–water partition coefficient (Wildman–Crippen LogP) is 5.79. The van der Waals surface area contributed by atoms with E-state index in [0.29, 0.717) is 26.0 Å². The lowest BCUT2D eigenvalue weighted by Gasteiger charge is -2.52. The van der Waals surface area contributed by atoms with Crippen LogP contribution in [0, 0.1) is 11.3 Å². The summed E-state index contributed by atoms with van der Waals surface area (Å²) in [4.78, 5) is 20.6. The van der Waals surface area contributed by atoms with Gasteiger partial charge in [-0.05, 0) is 51.9 Å². The van der Waals surface area contributed by atoms with Crippen LogP contribution in [0.2, 0.25) is 25.7 Å². The maximum Gasteiger partial charge on any atom is 0.451 e. The Morgan fingerprint density at radius 3 is 2.56 bits per heavy atom. The molecule has 50 heavy (non-hydrogen) atoms. The molecule has 4 aromatic heterocycles. The van der Waals surface area contributed by atoms with Crippen molar-refractivity contribution < 1.29 is 22.6 Å². The van der Waals surface area contributed by atoms with Gasteiger partial charge in [-0.25, -0.2) is 15.0 Å². The number of nitriles is 1. The molecule has 2 aliphatic rings. The molecule has 0 aromatic carbocycles. The van der Waals surface area contributed by atoms with Gasteiger partial charge in [0.25, 0.3) is 0 Å². The Balaban J connectivity index is 1.08. The third kappa shape index (κ3) is 8.17. The van der Waals surface area contributed by atoms with Crippen LogP contribution >= 0.6 is 0 Å². The average Bonchev–Trinajstić information content (AvgIpc) is 3.68. The van der Waals surface area contributed by atoms with Crippen LogP contribution in [0.1, 0.15) is 43.6 Å². The zero-order valence-corrected chi connectivity index (χ0v) is 30.3. The molecule has 1 saturated carbocycles. The van der Waals surface area contributed by atoms with E-state index < -0.39 is 25.6 Å². The first-order valence-corrected chi connectivity index (χ1v) is 20.7. The van der Waals surface area contributed by atoms with Crippen molar-refractivity contribution in [1.29, 1.82) is 5.26 Å².